The van der Waals surface area contributed by atoms with E-state index in [1.54, 1.807) is 30.5 Å². The second-order valence-electron chi connectivity index (χ2n) is 35.4. The Morgan fingerprint density at radius 2 is 0.604 bits per heavy atom. The van der Waals surface area contributed by atoms with Crippen molar-refractivity contribution in [2.45, 2.75) is 211 Å². The van der Waals surface area contributed by atoms with Gasteiger partial charge in [0.2, 0.25) is 22.8 Å². The van der Waals surface area contributed by atoms with Gasteiger partial charge in [-0.15, -0.1) is 0 Å². The van der Waals surface area contributed by atoms with E-state index in [0.29, 0.717) is 61.3 Å². The summed E-state index contributed by atoms with van der Waals surface area (Å²) in [5, 5.41) is 0. The Kier molecular flexibility index (Phi) is 19.2. The first-order chi connectivity index (χ1) is 59.7. The smallest absolute Gasteiger partial charge is 0.201 e. The van der Waals surface area contributed by atoms with E-state index >= 15 is 0 Å². The first-order valence-corrected chi connectivity index (χ1v) is 38.7. The van der Waals surface area contributed by atoms with Crippen molar-refractivity contribution in [2.75, 3.05) is 0 Å². The Morgan fingerprint density at radius 1 is 0.270 bits per heavy atom. The molecule has 0 fully saturated rings. The number of nitrogens with zero attached hydrogens (tertiary/aromatic N) is 4. The number of aromatic nitrogens is 4. The van der Waals surface area contributed by atoms with E-state index in [9.17, 15) is 2.74 Å². The molecule has 12 rings (SSSR count). The van der Waals surface area contributed by atoms with Crippen LogP contribution in [0.3, 0.4) is 0 Å². The summed E-state index contributed by atoms with van der Waals surface area (Å²) in [6.07, 6.45) is 0.727. The molecular formula is C107H134N4+4. The van der Waals surface area contributed by atoms with Crippen LogP contribution in [0.5, 0.6) is 0 Å². The Balaban J connectivity index is 0.000000200. The zero-order chi connectivity index (χ0) is 98.7. The number of hydrogen-bond acceptors (Lipinski definition) is 0. The Hall–Kier alpha value is -9.64. The van der Waals surface area contributed by atoms with Gasteiger partial charge in [-0.1, -0.05) is 242 Å². The molecule has 111 heavy (non-hydrogen) atoms. The van der Waals surface area contributed by atoms with Crippen LogP contribution in [-0.4, -0.2) is 0 Å². The van der Waals surface area contributed by atoms with Crippen LogP contribution < -0.4 is 18.3 Å². The van der Waals surface area contributed by atoms with Crippen LogP contribution in [0.25, 0.3) is 89.5 Å². The highest BCUT2D eigenvalue weighted by Crippen LogP contribution is 2.39. The molecule has 0 aliphatic carbocycles. The van der Waals surface area contributed by atoms with Crippen molar-refractivity contribution in [3.63, 3.8) is 0 Å². The maximum Gasteiger partial charge on any atom is 0.212 e. The average molecular weight is 1500 g/mol. The minimum atomic E-state index is -2.33. The fourth-order valence-electron chi connectivity index (χ4n) is 13.7. The summed E-state index contributed by atoms with van der Waals surface area (Å²) in [6, 6.07) is 61.9. The number of aryl methyl sites for hydroxylation is 15. The first-order valence-electron chi connectivity index (χ1n) is 48.7. The lowest BCUT2D eigenvalue weighted by atomic mass is 9.81. The maximum atomic E-state index is 9.21. The molecule has 0 amide bonds. The quantitative estimate of drug-likeness (QED) is 0.108. The molecule has 0 radical (unpaired) electrons. The number of benzene rings is 8. The fraction of sp³-hybridized carbons (Fsp3) is 0.364. The minimum Gasteiger partial charge on any atom is -0.201 e. The van der Waals surface area contributed by atoms with Crippen molar-refractivity contribution < 1.29 is 45.7 Å². The van der Waals surface area contributed by atoms with Gasteiger partial charge in [-0.05, 0) is 271 Å². The van der Waals surface area contributed by atoms with E-state index in [4.69, 9.17) is 24.7 Å². The van der Waals surface area contributed by atoms with Crippen molar-refractivity contribution in [1.82, 2.24) is 0 Å². The van der Waals surface area contributed by atoms with Crippen molar-refractivity contribution in [3.05, 3.63) is 308 Å². The molecule has 0 spiro atoms. The van der Waals surface area contributed by atoms with Gasteiger partial charge in [0.1, 0.15) is 28.2 Å². The molecule has 0 N–H and O–H groups in total. The van der Waals surface area contributed by atoms with E-state index in [0.717, 1.165) is 112 Å². The molecule has 4 nitrogen and oxygen atoms in total. The summed E-state index contributed by atoms with van der Waals surface area (Å²) < 4.78 is 176. The second-order valence-corrected chi connectivity index (χ2v) is 35.4. The molecule has 4 heteroatoms. The van der Waals surface area contributed by atoms with Gasteiger partial charge >= 0.3 is 0 Å². The molecule has 0 bridgehead atoms. The highest BCUT2D eigenvalue weighted by Gasteiger charge is 2.27. The Labute approximate surface area is 700 Å². The van der Waals surface area contributed by atoms with E-state index < -0.39 is 74.6 Å². The topological polar surface area (TPSA) is 15.5 Å². The van der Waals surface area contributed by atoms with Gasteiger partial charge in [-0.3, -0.25) is 0 Å². The van der Waals surface area contributed by atoms with E-state index in [1.807, 2.05) is 356 Å². The summed E-state index contributed by atoms with van der Waals surface area (Å²) in [7, 11) is 7.66. The van der Waals surface area contributed by atoms with Crippen LogP contribution in [0, 0.1) is 97.5 Å². The van der Waals surface area contributed by atoms with E-state index in [1.165, 1.54) is 0 Å². The van der Waals surface area contributed by atoms with Crippen LogP contribution in [-0.2, 0) is 59.1 Å². The van der Waals surface area contributed by atoms with Gasteiger partial charge in [0, 0.05) is 97.2 Å². The van der Waals surface area contributed by atoms with Crippen LogP contribution in [0.2, 0.25) is 0 Å². The summed E-state index contributed by atoms with van der Waals surface area (Å²) in [5.41, 5.74) is 21.7. The van der Waals surface area contributed by atoms with Crippen molar-refractivity contribution in [3.8, 4) is 89.5 Å². The van der Waals surface area contributed by atoms with Crippen LogP contribution in [0.15, 0.2) is 219 Å². The molecule has 0 saturated carbocycles. The fourth-order valence-corrected chi connectivity index (χ4v) is 13.7. The molecule has 0 atom stereocenters. The van der Waals surface area contributed by atoms with Gasteiger partial charge in [-0.25, -0.2) is 18.3 Å². The number of pyridine rings is 4. The lowest BCUT2D eigenvalue weighted by molar-refractivity contribution is -0.661. The largest absolute Gasteiger partial charge is 0.212 e. The molecule has 0 saturated heterocycles. The highest BCUT2D eigenvalue weighted by molar-refractivity contribution is 5.80. The van der Waals surface area contributed by atoms with Crippen LogP contribution >= 0.6 is 0 Å². The van der Waals surface area contributed by atoms with Crippen LogP contribution in [0.1, 0.15) is 220 Å². The lowest BCUT2D eigenvalue weighted by Crippen LogP contribution is -2.33. The van der Waals surface area contributed by atoms with Gasteiger partial charge in [0.15, 0.2) is 24.8 Å². The maximum absolute atomic E-state index is 9.21. The van der Waals surface area contributed by atoms with Crippen molar-refractivity contribution in [1.29, 1.82) is 0 Å². The van der Waals surface area contributed by atoms with Gasteiger partial charge < -0.3 is 0 Å². The Morgan fingerprint density at radius 3 is 0.964 bits per heavy atom. The second kappa shape index (κ2) is 35.0. The SMILES string of the molecule is [2H]C([2H])([2H])c1cc(C)c(-c2cc(C([2H])([2H])C(C)(C)C)c(C([2H])([2H])C(C)(C)C)c[n+]2C)cc1-c1ccc(C(C)(C)C)cc1.[2H]C([2H])([2H])c1cc(C)c(-c2cc(C([2H])([2H])C(C)(C)C)cc[n+]2C)cc1-c1ccc(C)cc1.[2H]C([2H])([2H])c1cc(C)c(-c2ccc(C([2H])([2H])C(C)(C)C)c[n+]2C)cc1-c1ccc(C)cc1.[2H]C([2H])([2H])c1cc(C)c(-c2cccc[n+]2C)cc1-c1ccc(C)cc1. The predicted octanol–water partition coefficient (Wildman–Crippen LogP) is 26.4. The molecule has 0 aliphatic rings. The molecule has 12 aromatic rings. The zero-order valence-electron chi connectivity index (χ0n) is 91.1. The monoisotopic (exact) mass is 1500 g/mol. The number of rotatable bonds is 12. The van der Waals surface area contributed by atoms with E-state index in [2.05, 4.69) is 31.4 Å². The van der Waals surface area contributed by atoms with Crippen molar-refractivity contribution in [2.24, 2.45) is 49.9 Å². The lowest BCUT2D eigenvalue weighted by Gasteiger charge is -2.24. The first kappa shape index (κ1) is 61.0. The third-order valence-corrected chi connectivity index (χ3v) is 19.4. The Bertz CT molecular complexity index is 6130. The van der Waals surface area contributed by atoms with Gasteiger partial charge in [0.25, 0.3) is 0 Å². The third kappa shape index (κ3) is 23.0. The van der Waals surface area contributed by atoms with Crippen LogP contribution in [0.4, 0.5) is 0 Å². The third-order valence-electron chi connectivity index (χ3n) is 19.4. The highest BCUT2D eigenvalue weighted by atomic mass is 14.9. The minimum absolute atomic E-state index is 0.0419. The normalized spacial score (nSPS) is 15.5. The molecule has 0 unspecified atom stereocenters. The van der Waals surface area contributed by atoms with Gasteiger partial charge in [-0.2, -0.15) is 0 Å². The molecular weight excluding hydrogens is 1340 g/mol. The summed E-state index contributed by atoms with van der Waals surface area (Å²) in [4.78, 5) is 0. The number of hydrogen-bond donors (Lipinski definition) is 0. The molecule has 4 aromatic heterocycles. The summed E-state index contributed by atoms with van der Waals surface area (Å²) >= 11 is 0. The predicted molar refractivity (Wildman–Crippen MR) is 477 cm³/mol. The van der Waals surface area contributed by atoms with Crippen molar-refractivity contribution >= 4 is 0 Å². The molecule has 578 valence electrons. The molecule has 0 aliphatic heterocycles. The standard InChI is InChI=1S/C34H48N.2C26H32N.C21H22N/c1-23-17-24(2)30(19-29(23)25-13-15-28(16-14-25)34(9,10)11)31-18-26(20-32(3,4)5)27(22-35(31)12)21-33(6,7)8;1-18-8-11-22(12-9-18)23-15-24(20(3)14-19(23)2)25-13-10-21(17-27(25)7)16-26(4,5)6;1-18-8-10-22(11-9-18)23-16-24(20(3)14-19(23)2)25-15-21(12-13-27(25)7)17-26(4,5)6;1-15-8-10-18(11-9-15)19-14-20(17(3)13-16(19)2)21-7-5-6-12-22(21)4/h13-19,22H,20-21H2,1-12H3;8-15,17H,16H2,1-7H3;8-16H,17H2,1-7H3;5-14H,1-4H3/q4*+1/i1D3,20D2,21D2;2D3,16D2;2D3,17D2;2D3. The van der Waals surface area contributed by atoms with E-state index in [-0.39, 0.29) is 11.0 Å². The van der Waals surface area contributed by atoms with Gasteiger partial charge in [0.05, 0.1) is 0 Å². The summed E-state index contributed by atoms with van der Waals surface area (Å²) in [6.45, 7) is 33.5. The molecule has 8 aromatic carbocycles. The summed E-state index contributed by atoms with van der Waals surface area (Å²) in [5.74, 6) is 0. The molecule has 4 heterocycles. The average Bonchev–Trinajstić information content (AvgIpc) is 0.725. The zero-order valence-corrected chi connectivity index (χ0v) is 71.1.